The summed E-state index contributed by atoms with van der Waals surface area (Å²) in [7, 11) is 1.60. The van der Waals surface area contributed by atoms with Crippen molar-refractivity contribution >= 4 is 11.9 Å². The number of benzene rings is 1. The first-order valence-corrected chi connectivity index (χ1v) is 8.42. The van der Waals surface area contributed by atoms with Gasteiger partial charge in [-0.3, -0.25) is 4.79 Å². The van der Waals surface area contributed by atoms with E-state index in [9.17, 15) is 14.7 Å². The molecule has 0 aromatic heterocycles. The van der Waals surface area contributed by atoms with E-state index in [1.807, 2.05) is 52.0 Å². The van der Waals surface area contributed by atoms with Crippen LogP contribution >= 0.6 is 0 Å². The van der Waals surface area contributed by atoms with Crippen molar-refractivity contribution in [3.63, 3.8) is 0 Å². The standard InChI is InChI=1S/C19H29NO5/c1-13(14-6-8-15(24-5)9-7-14)12-17(21)20-16(18(22)23)10-11-25-19(2,3)4/h6-9,13,16H,10-12H2,1-5H3,(H,20,21)(H,22,23). The third kappa shape index (κ3) is 8.03. The highest BCUT2D eigenvalue weighted by Gasteiger charge is 2.22. The van der Waals surface area contributed by atoms with Gasteiger partial charge in [0, 0.05) is 19.4 Å². The number of rotatable bonds is 9. The minimum Gasteiger partial charge on any atom is -0.497 e. The van der Waals surface area contributed by atoms with Gasteiger partial charge in [0.2, 0.25) is 5.91 Å². The highest BCUT2D eigenvalue weighted by atomic mass is 16.5. The van der Waals surface area contributed by atoms with Crippen molar-refractivity contribution in [3.05, 3.63) is 29.8 Å². The third-order valence-electron chi connectivity index (χ3n) is 3.75. The molecule has 6 nitrogen and oxygen atoms in total. The summed E-state index contributed by atoms with van der Waals surface area (Å²) in [5.41, 5.74) is 0.662. The monoisotopic (exact) mass is 351 g/mol. The first kappa shape index (κ1) is 21.0. The van der Waals surface area contributed by atoms with Crippen LogP contribution in [0, 0.1) is 0 Å². The second-order valence-electron chi connectivity index (χ2n) is 7.09. The van der Waals surface area contributed by atoms with E-state index in [0.29, 0.717) is 0 Å². The molecular formula is C19H29NO5. The maximum Gasteiger partial charge on any atom is 0.326 e. The lowest BCUT2D eigenvalue weighted by atomic mass is 9.97. The molecule has 140 valence electrons. The molecule has 6 heteroatoms. The van der Waals surface area contributed by atoms with Crippen molar-refractivity contribution < 1.29 is 24.2 Å². The minimum absolute atomic E-state index is 0.0221. The first-order valence-electron chi connectivity index (χ1n) is 8.42. The van der Waals surface area contributed by atoms with Gasteiger partial charge in [-0.25, -0.2) is 4.79 Å². The van der Waals surface area contributed by atoms with E-state index in [2.05, 4.69) is 5.32 Å². The average molecular weight is 351 g/mol. The molecule has 0 radical (unpaired) electrons. The van der Waals surface area contributed by atoms with Gasteiger partial charge in [0.15, 0.2) is 0 Å². The zero-order valence-electron chi connectivity index (χ0n) is 15.7. The minimum atomic E-state index is -1.05. The van der Waals surface area contributed by atoms with Crippen molar-refractivity contribution in [3.8, 4) is 5.75 Å². The zero-order valence-corrected chi connectivity index (χ0v) is 15.7. The van der Waals surface area contributed by atoms with Gasteiger partial charge in [-0.15, -0.1) is 0 Å². The van der Waals surface area contributed by atoms with Gasteiger partial charge in [-0.1, -0.05) is 19.1 Å². The summed E-state index contributed by atoms with van der Waals surface area (Å²) in [5.74, 6) is -0.606. The third-order valence-corrected chi connectivity index (χ3v) is 3.75. The Hall–Kier alpha value is -2.08. The predicted molar refractivity (Wildman–Crippen MR) is 95.9 cm³/mol. The SMILES string of the molecule is COc1ccc(C(C)CC(=O)NC(CCOC(C)(C)C)C(=O)O)cc1. The average Bonchev–Trinajstić information content (AvgIpc) is 2.52. The number of amides is 1. The molecule has 2 N–H and O–H groups in total. The van der Waals surface area contributed by atoms with E-state index in [1.54, 1.807) is 7.11 Å². The van der Waals surface area contributed by atoms with E-state index in [4.69, 9.17) is 9.47 Å². The Bertz CT molecular complexity index is 562. The lowest BCUT2D eigenvalue weighted by Crippen LogP contribution is -2.42. The highest BCUT2D eigenvalue weighted by Crippen LogP contribution is 2.21. The first-order chi connectivity index (χ1) is 11.6. The summed E-state index contributed by atoms with van der Waals surface area (Å²) < 4.78 is 10.7. The molecule has 0 aliphatic rings. The quantitative estimate of drug-likeness (QED) is 0.714. The summed E-state index contributed by atoms with van der Waals surface area (Å²) in [5, 5.41) is 11.9. The van der Waals surface area contributed by atoms with Gasteiger partial charge in [0.1, 0.15) is 11.8 Å². The molecule has 0 heterocycles. The fourth-order valence-electron chi connectivity index (χ4n) is 2.32. The van der Waals surface area contributed by atoms with Gasteiger partial charge >= 0.3 is 5.97 Å². The summed E-state index contributed by atoms with van der Waals surface area (Å²) in [4.78, 5) is 23.5. The van der Waals surface area contributed by atoms with Gasteiger partial charge in [-0.2, -0.15) is 0 Å². The number of carbonyl (C=O) groups excluding carboxylic acids is 1. The maximum absolute atomic E-state index is 12.2. The molecule has 1 rings (SSSR count). The molecule has 2 unspecified atom stereocenters. The van der Waals surface area contributed by atoms with Crippen LogP contribution in [0.5, 0.6) is 5.75 Å². The largest absolute Gasteiger partial charge is 0.497 e. The Morgan fingerprint density at radius 2 is 1.80 bits per heavy atom. The highest BCUT2D eigenvalue weighted by molar-refractivity contribution is 5.83. The van der Waals surface area contributed by atoms with Crippen molar-refractivity contribution in [2.24, 2.45) is 0 Å². The molecular weight excluding hydrogens is 322 g/mol. The Balaban J connectivity index is 2.54. The van der Waals surface area contributed by atoms with E-state index < -0.39 is 12.0 Å². The molecule has 25 heavy (non-hydrogen) atoms. The van der Waals surface area contributed by atoms with Gasteiger partial charge in [0.05, 0.1) is 12.7 Å². The number of carbonyl (C=O) groups is 2. The number of nitrogens with one attached hydrogen (secondary N) is 1. The molecule has 2 atom stereocenters. The number of ether oxygens (including phenoxy) is 2. The predicted octanol–water partition coefficient (Wildman–Crippen LogP) is 2.96. The number of hydrogen-bond acceptors (Lipinski definition) is 4. The van der Waals surface area contributed by atoms with Crippen LogP contribution < -0.4 is 10.1 Å². The number of aliphatic carboxylic acids is 1. The molecule has 0 spiro atoms. The van der Waals surface area contributed by atoms with Crippen LogP contribution in [0.4, 0.5) is 0 Å². The lowest BCUT2D eigenvalue weighted by Gasteiger charge is -2.22. The summed E-state index contributed by atoms with van der Waals surface area (Å²) in [6.45, 7) is 7.91. The van der Waals surface area contributed by atoms with Crippen LogP contribution in [0.2, 0.25) is 0 Å². The fraction of sp³-hybridized carbons (Fsp3) is 0.579. The van der Waals surface area contributed by atoms with E-state index in [0.717, 1.165) is 11.3 Å². The molecule has 1 aromatic carbocycles. The van der Waals surface area contributed by atoms with Crippen LogP contribution in [-0.4, -0.2) is 42.3 Å². The molecule has 0 saturated heterocycles. The molecule has 0 bridgehead atoms. The molecule has 0 aliphatic carbocycles. The molecule has 0 aliphatic heterocycles. The van der Waals surface area contributed by atoms with E-state index in [1.165, 1.54) is 0 Å². The van der Waals surface area contributed by atoms with Crippen LogP contribution in [0.3, 0.4) is 0 Å². The Morgan fingerprint density at radius 3 is 2.28 bits per heavy atom. The van der Waals surface area contributed by atoms with E-state index in [-0.39, 0.29) is 36.9 Å². The van der Waals surface area contributed by atoms with Gasteiger partial charge in [-0.05, 0) is 44.4 Å². The molecule has 0 fully saturated rings. The number of hydrogen-bond donors (Lipinski definition) is 2. The van der Waals surface area contributed by atoms with Crippen LogP contribution in [0.15, 0.2) is 24.3 Å². The maximum atomic E-state index is 12.2. The Kier molecular flexibility index (Phi) is 7.90. The van der Waals surface area contributed by atoms with Crippen LogP contribution in [0.25, 0.3) is 0 Å². The number of methoxy groups -OCH3 is 1. The number of carboxylic acid groups (broad SMARTS) is 1. The summed E-state index contributed by atoms with van der Waals surface area (Å²) in [6, 6.07) is 6.55. The van der Waals surface area contributed by atoms with Crippen molar-refractivity contribution in [1.29, 1.82) is 0 Å². The molecule has 0 saturated carbocycles. The normalized spacial score (nSPS) is 13.8. The molecule has 1 aromatic rings. The number of carboxylic acids is 1. The van der Waals surface area contributed by atoms with Crippen LogP contribution in [-0.2, 0) is 14.3 Å². The topological polar surface area (TPSA) is 84.9 Å². The van der Waals surface area contributed by atoms with Crippen molar-refractivity contribution in [1.82, 2.24) is 5.32 Å². The van der Waals surface area contributed by atoms with E-state index >= 15 is 0 Å². The van der Waals surface area contributed by atoms with Crippen molar-refractivity contribution in [2.45, 2.75) is 58.1 Å². The Morgan fingerprint density at radius 1 is 1.20 bits per heavy atom. The van der Waals surface area contributed by atoms with Crippen molar-refractivity contribution in [2.75, 3.05) is 13.7 Å². The zero-order chi connectivity index (χ0) is 19.0. The summed E-state index contributed by atoms with van der Waals surface area (Å²) >= 11 is 0. The molecule has 1 amide bonds. The lowest BCUT2D eigenvalue weighted by molar-refractivity contribution is -0.142. The van der Waals surface area contributed by atoms with Gasteiger partial charge in [0.25, 0.3) is 0 Å². The Labute approximate surface area is 149 Å². The second kappa shape index (κ2) is 9.42. The smallest absolute Gasteiger partial charge is 0.326 e. The van der Waals surface area contributed by atoms with Crippen LogP contribution in [0.1, 0.15) is 52.0 Å². The fourth-order valence-corrected chi connectivity index (χ4v) is 2.32. The second-order valence-corrected chi connectivity index (χ2v) is 7.09. The van der Waals surface area contributed by atoms with Gasteiger partial charge < -0.3 is 19.9 Å². The summed E-state index contributed by atoms with van der Waals surface area (Å²) in [6.07, 6.45) is 0.450.